The number of para-hydroxylation sites is 1. The summed E-state index contributed by atoms with van der Waals surface area (Å²) in [7, 11) is 0. The van der Waals surface area contributed by atoms with Gasteiger partial charge in [0, 0.05) is 21.6 Å². The summed E-state index contributed by atoms with van der Waals surface area (Å²) >= 11 is 0. The Morgan fingerprint density at radius 2 is 1.09 bits per heavy atom. The molecule has 0 atom stereocenters. The van der Waals surface area contributed by atoms with E-state index in [1.165, 1.54) is 110 Å². The van der Waals surface area contributed by atoms with Crippen LogP contribution < -0.4 is 0 Å². The Labute approximate surface area is 326 Å². The molecule has 1 heterocycles. The smallest absolute Gasteiger partial charge is 0.136 e. The lowest BCUT2D eigenvalue weighted by Crippen LogP contribution is -2.15. The van der Waals surface area contributed by atoms with Gasteiger partial charge in [0.2, 0.25) is 0 Å². The van der Waals surface area contributed by atoms with Crippen LogP contribution in [0.3, 0.4) is 0 Å². The highest BCUT2D eigenvalue weighted by Gasteiger charge is 2.37. The number of hydrogen-bond acceptors (Lipinski definition) is 1. The van der Waals surface area contributed by atoms with Gasteiger partial charge in [-0.25, -0.2) is 0 Å². The Hall–Kier alpha value is -6.70. The molecule has 0 fully saturated rings. The first-order valence-corrected chi connectivity index (χ1v) is 19.7. The van der Waals surface area contributed by atoms with Gasteiger partial charge in [-0.05, 0) is 138 Å². The maximum atomic E-state index is 6.40. The molecule has 0 N–H and O–H groups in total. The quantitative estimate of drug-likeness (QED) is 0.131. The van der Waals surface area contributed by atoms with Crippen molar-refractivity contribution in [2.75, 3.05) is 0 Å². The molecule has 10 aromatic rings. The number of furan rings is 1. The summed E-state index contributed by atoms with van der Waals surface area (Å²) in [6.45, 7) is 9.02. The van der Waals surface area contributed by atoms with E-state index in [1.807, 2.05) is 0 Å². The summed E-state index contributed by atoms with van der Waals surface area (Å²) < 4.78 is 6.40. The lowest BCUT2D eigenvalue weighted by atomic mass is 9.80. The average Bonchev–Trinajstić information content (AvgIpc) is 3.73. The molecule has 0 aliphatic heterocycles. The number of fused-ring (bicyclic) bond motifs is 12. The molecule has 1 aliphatic carbocycles. The third-order valence-corrected chi connectivity index (χ3v) is 12.5. The van der Waals surface area contributed by atoms with Crippen LogP contribution >= 0.6 is 0 Å². The van der Waals surface area contributed by atoms with E-state index in [0.29, 0.717) is 0 Å². The van der Waals surface area contributed by atoms with Gasteiger partial charge in [0.1, 0.15) is 11.2 Å². The predicted octanol–water partition coefficient (Wildman–Crippen LogP) is 15.8. The first kappa shape index (κ1) is 32.7. The Morgan fingerprint density at radius 1 is 0.500 bits per heavy atom. The minimum absolute atomic E-state index is 0.186. The van der Waals surface area contributed by atoms with Crippen molar-refractivity contribution in [3.63, 3.8) is 0 Å². The van der Waals surface area contributed by atoms with E-state index in [0.717, 1.165) is 11.2 Å². The van der Waals surface area contributed by atoms with E-state index in [2.05, 4.69) is 198 Å². The van der Waals surface area contributed by atoms with E-state index < -0.39 is 0 Å². The first-order valence-electron chi connectivity index (χ1n) is 19.7. The molecule has 0 spiro atoms. The maximum Gasteiger partial charge on any atom is 0.136 e. The molecule has 1 aromatic heterocycles. The lowest BCUT2D eigenvalue weighted by Gasteiger charge is -2.23. The monoisotopic (exact) mass is 716 g/mol. The molecule has 0 bridgehead atoms. The molecule has 0 saturated carbocycles. The minimum Gasteiger partial charge on any atom is -0.456 e. The Bertz CT molecular complexity index is 3290. The van der Waals surface area contributed by atoms with Gasteiger partial charge in [0.05, 0.1) is 0 Å². The van der Waals surface area contributed by atoms with Crippen molar-refractivity contribution in [3.8, 4) is 33.4 Å². The number of benzene rings is 9. The highest BCUT2D eigenvalue weighted by atomic mass is 16.3. The van der Waals surface area contributed by atoms with Crippen LogP contribution in [0.4, 0.5) is 0 Å². The predicted molar refractivity (Wildman–Crippen MR) is 241 cm³/mol. The Balaban J connectivity index is 1.12. The standard InChI is InChI=1S/C55H40O/c1-5-6-13-33(2)35-20-21-37-31-38(23-22-36(37)30-35)50-40-14-7-9-16-42(40)51(43-17-10-8-15-41(43)50)39-24-27-44-47(32-39)55(3,4)46-28-25-34-26-29-49-54(52(34)53(44)46)45-18-11-12-19-48(45)56-49/h5-32H,1-4H3/b6-5-,33-13+. The third-order valence-electron chi connectivity index (χ3n) is 12.5. The van der Waals surface area contributed by atoms with Crippen LogP contribution in [-0.2, 0) is 5.41 Å². The zero-order chi connectivity index (χ0) is 37.7. The van der Waals surface area contributed by atoms with Crippen LogP contribution in [0, 0.1) is 0 Å². The molecular weight excluding hydrogens is 677 g/mol. The van der Waals surface area contributed by atoms with E-state index in [-0.39, 0.29) is 5.41 Å². The van der Waals surface area contributed by atoms with Gasteiger partial charge in [-0.2, -0.15) is 0 Å². The zero-order valence-electron chi connectivity index (χ0n) is 32.1. The van der Waals surface area contributed by atoms with Crippen molar-refractivity contribution in [1.82, 2.24) is 0 Å². The summed E-state index contributed by atoms with van der Waals surface area (Å²) in [4.78, 5) is 0. The van der Waals surface area contributed by atoms with E-state index >= 15 is 0 Å². The molecule has 0 radical (unpaired) electrons. The lowest BCUT2D eigenvalue weighted by molar-refractivity contribution is 0.661. The second-order valence-electron chi connectivity index (χ2n) is 16.0. The molecule has 266 valence electrons. The van der Waals surface area contributed by atoms with Crippen LogP contribution in [0.5, 0.6) is 0 Å². The summed E-state index contributed by atoms with van der Waals surface area (Å²) in [6.07, 6.45) is 6.35. The second-order valence-corrected chi connectivity index (χ2v) is 16.0. The van der Waals surface area contributed by atoms with Crippen LogP contribution in [0.25, 0.3) is 104 Å². The summed E-state index contributed by atoms with van der Waals surface area (Å²) in [5.41, 5.74) is 14.6. The fourth-order valence-corrected chi connectivity index (χ4v) is 9.75. The number of rotatable bonds is 4. The van der Waals surface area contributed by atoms with E-state index in [4.69, 9.17) is 4.42 Å². The van der Waals surface area contributed by atoms with Crippen molar-refractivity contribution >= 4 is 70.6 Å². The molecule has 0 saturated heterocycles. The Kier molecular flexibility index (Phi) is 7.10. The van der Waals surface area contributed by atoms with Crippen molar-refractivity contribution in [2.24, 2.45) is 0 Å². The van der Waals surface area contributed by atoms with Crippen LogP contribution in [0.1, 0.15) is 44.4 Å². The molecule has 1 aliphatic rings. The highest BCUT2D eigenvalue weighted by Crippen LogP contribution is 2.55. The summed E-state index contributed by atoms with van der Waals surface area (Å²) in [5, 5.41) is 12.5. The SMILES string of the molecule is C/C=C\C=C(/C)c1ccc2cc(-c3c4ccccc4c(-c4ccc5c(c4)C(C)(C)c4ccc6ccc7oc8ccccc8c7c6c4-5)c4ccccc34)ccc2c1. The second kappa shape index (κ2) is 12.2. The first-order chi connectivity index (χ1) is 27.4. The molecule has 9 aromatic carbocycles. The molecule has 1 heteroatoms. The van der Waals surface area contributed by atoms with Gasteiger partial charge >= 0.3 is 0 Å². The fourth-order valence-electron chi connectivity index (χ4n) is 9.75. The summed E-state index contributed by atoms with van der Waals surface area (Å²) in [6, 6.07) is 56.5. The van der Waals surface area contributed by atoms with Gasteiger partial charge in [-0.3, -0.25) is 0 Å². The normalized spacial score (nSPS) is 13.9. The van der Waals surface area contributed by atoms with E-state index in [1.54, 1.807) is 0 Å². The van der Waals surface area contributed by atoms with Crippen molar-refractivity contribution in [3.05, 3.63) is 187 Å². The van der Waals surface area contributed by atoms with Gasteiger partial charge in [-0.1, -0.05) is 153 Å². The van der Waals surface area contributed by atoms with Gasteiger partial charge < -0.3 is 4.42 Å². The zero-order valence-corrected chi connectivity index (χ0v) is 32.1. The maximum absolute atomic E-state index is 6.40. The van der Waals surface area contributed by atoms with Crippen LogP contribution in [0.2, 0.25) is 0 Å². The van der Waals surface area contributed by atoms with Gasteiger partial charge in [0.15, 0.2) is 0 Å². The van der Waals surface area contributed by atoms with Gasteiger partial charge in [0.25, 0.3) is 0 Å². The van der Waals surface area contributed by atoms with Crippen LogP contribution in [0.15, 0.2) is 174 Å². The molecule has 1 nitrogen and oxygen atoms in total. The average molecular weight is 717 g/mol. The highest BCUT2D eigenvalue weighted by molar-refractivity contribution is 6.25. The molecule has 0 amide bonds. The molecular formula is C55H40O. The Morgan fingerprint density at radius 3 is 1.80 bits per heavy atom. The van der Waals surface area contributed by atoms with Crippen molar-refractivity contribution < 1.29 is 4.42 Å². The largest absolute Gasteiger partial charge is 0.456 e. The number of allylic oxidation sites excluding steroid dienone is 4. The minimum atomic E-state index is -0.186. The third kappa shape index (κ3) is 4.67. The summed E-state index contributed by atoms with van der Waals surface area (Å²) in [5.74, 6) is 0. The number of hydrogen-bond donors (Lipinski definition) is 0. The van der Waals surface area contributed by atoms with Crippen molar-refractivity contribution in [2.45, 2.75) is 33.1 Å². The molecule has 11 rings (SSSR count). The fraction of sp³-hybridized carbons (Fsp3) is 0.0909. The topological polar surface area (TPSA) is 13.1 Å². The van der Waals surface area contributed by atoms with Gasteiger partial charge in [-0.15, -0.1) is 0 Å². The molecule has 0 unspecified atom stereocenters. The van der Waals surface area contributed by atoms with Crippen molar-refractivity contribution in [1.29, 1.82) is 0 Å². The van der Waals surface area contributed by atoms with E-state index in [9.17, 15) is 0 Å². The van der Waals surface area contributed by atoms with Crippen LogP contribution in [-0.4, -0.2) is 0 Å². The molecule has 56 heavy (non-hydrogen) atoms.